The van der Waals surface area contributed by atoms with Crippen molar-refractivity contribution >= 4 is 6.21 Å². The maximum absolute atomic E-state index is 7.00. The number of hydrogen-bond donors (Lipinski definition) is 2. The van der Waals surface area contributed by atoms with Crippen LogP contribution >= 0.6 is 0 Å². The van der Waals surface area contributed by atoms with Crippen LogP contribution in [0, 0.1) is 11.3 Å². The van der Waals surface area contributed by atoms with Crippen LogP contribution in [-0.2, 0) is 4.74 Å². The molecule has 1 atom stereocenters. The average molecular weight is 184 g/mol. The molecule has 0 amide bonds. The van der Waals surface area contributed by atoms with Gasteiger partial charge in [0.2, 0.25) is 0 Å². The minimum absolute atomic E-state index is 0.209. The van der Waals surface area contributed by atoms with Crippen molar-refractivity contribution in [3.05, 3.63) is 12.5 Å². The molecule has 0 heterocycles. The molecule has 0 rings (SSSR count). The third-order valence-corrected chi connectivity index (χ3v) is 1.34. The molecule has 2 N–H and O–H groups in total. The molecular formula is C10H20N2O. The summed E-state index contributed by atoms with van der Waals surface area (Å²) < 4.78 is 5.45. The van der Waals surface area contributed by atoms with Crippen LogP contribution in [-0.4, -0.2) is 18.4 Å². The molecule has 0 aromatic heterocycles. The first-order valence-corrected chi connectivity index (χ1v) is 4.47. The second kappa shape index (κ2) is 4.90. The van der Waals surface area contributed by atoms with Crippen molar-refractivity contribution in [2.75, 3.05) is 6.54 Å². The van der Waals surface area contributed by atoms with Gasteiger partial charge in [-0.15, -0.1) is 0 Å². The number of ether oxygens (including phenoxy) is 1. The van der Waals surface area contributed by atoms with Crippen molar-refractivity contribution in [1.29, 1.82) is 5.41 Å². The highest BCUT2D eigenvalue weighted by atomic mass is 16.5. The van der Waals surface area contributed by atoms with E-state index in [4.69, 9.17) is 10.1 Å². The molecule has 0 aliphatic carbocycles. The second-order valence-electron chi connectivity index (χ2n) is 4.16. The van der Waals surface area contributed by atoms with Crippen LogP contribution < -0.4 is 5.32 Å². The fraction of sp³-hybridized carbons (Fsp3) is 0.700. The first kappa shape index (κ1) is 12.0. The normalized spacial score (nSPS) is 13.2. The van der Waals surface area contributed by atoms with Gasteiger partial charge in [0, 0.05) is 12.5 Å². The maximum atomic E-state index is 7.00. The van der Waals surface area contributed by atoms with Crippen molar-refractivity contribution in [2.45, 2.75) is 33.3 Å². The predicted molar refractivity (Wildman–Crippen MR) is 55.9 cm³/mol. The van der Waals surface area contributed by atoms with E-state index >= 15 is 0 Å². The van der Waals surface area contributed by atoms with Crippen LogP contribution in [0.5, 0.6) is 0 Å². The molecule has 3 nitrogen and oxygen atoms in total. The zero-order valence-corrected chi connectivity index (χ0v) is 8.98. The third-order valence-electron chi connectivity index (χ3n) is 1.34. The molecule has 0 unspecified atom stereocenters. The van der Waals surface area contributed by atoms with Gasteiger partial charge in [0.05, 0.1) is 0 Å². The SMILES string of the molecule is C=C(NC[C@H](C)C=N)OC(C)(C)C. The highest BCUT2D eigenvalue weighted by Gasteiger charge is 2.12. The van der Waals surface area contributed by atoms with Gasteiger partial charge in [0.15, 0.2) is 5.88 Å². The highest BCUT2D eigenvalue weighted by Crippen LogP contribution is 2.10. The summed E-state index contributed by atoms with van der Waals surface area (Å²) in [4.78, 5) is 0. The van der Waals surface area contributed by atoms with Gasteiger partial charge in [-0.25, -0.2) is 0 Å². The summed E-state index contributed by atoms with van der Waals surface area (Å²) in [5.41, 5.74) is -0.210. The Kier molecular flexibility index (Phi) is 4.52. The molecule has 0 saturated carbocycles. The Morgan fingerprint density at radius 3 is 2.54 bits per heavy atom. The van der Waals surface area contributed by atoms with Crippen LogP contribution in [0.4, 0.5) is 0 Å². The fourth-order valence-corrected chi connectivity index (χ4v) is 0.739. The largest absolute Gasteiger partial charge is 0.474 e. The molecule has 3 heteroatoms. The number of hydrogen-bond acceptors (Lipinski definition) is 3. The van der Waals surface area contributed by atoms with E-state index in [2.05, 4.69) is 11.9 Å². The summed E-state index contributed by atoms with van der Waals surface area (Å²) in [6.45, 7) is 12.3. The molecule has 13 heavy (non-hydrogen) atoms. The lowest BCUT2D eigenvalue weighted by molar-refractivity contribution is 0.0412. The van der Waals surface area contributed by atoms with Crippen LogP contribution in [0.1, 0.15) is 27.7 Å². The summed E-state index contributed by atoms with van der Waals surface area (Å²) in [5.74, 6) is 0.779. The minimum Gasteiger partial charge on any atom is -0.474 e. The summed E-state index contributed by atoms with van der Waals surface area (Å²) in [5, 5.41) is 10.0. The molecule has 0 radical (unpaired) electrons. The standard InChI is InChI=1S/C10H20N2O/c1-8(6-11)7-12-9(2)13-10(3,4)5/h6,8,11-12H,2,7H2,1,3-5H3/t8-/m1/s1. The predicted octanol–water partition coefficient (Wildman–Crippen LogP) is 2.15. The van der Waals surface area contributed by atoms with Gasteiger partial charge in [0.1, 0.15) is 5.60 Å². The Balaban J connectivity index is 3.70. The summed E-state index contributed by atoms with van der Waals surface area (Å²) in [6.07, 6.45) is 1.40. The Morgan fingerprint density at radius 1 is 1.62 bits per heavy atom. The summed E-state index contributed by atoms with van der Waals surface area (Å²) >= 11 is 0. The van der Waals surface area contributed by atoms with Gasteiger partial charge >= 0.3 is 0 Å². The van der Waals surface area contributed by atoms with Gasteiger partial charge in [0.25, 0.3) is 0 Å². The van der Waals surface area contributed by atoms with E-state index in [1.54, 1.807) is 0 Å². The quantitative estimate of drug-likeness (QED) is 0.508. The van der Waals surface area contributed by atoms with Crippen LogP contribution in [0.15, 0.2) is 12.5 Å². The monoisotopic (exact) mass is 184 g/mol. The van der Waals surface area contributed by atoms with Crippen molar-refractivity contribution in [1.82, 2.24) is 5.32 Å². The molecule has 0 aliphatic rings. The Bertz CT molecular complexity index is 182. The zero-order chi connectivity index (χ0) is 10.5. The molecule has 0 fully saturated rings. The highest BCUT2D eigenvalue weighted by molar-refractivity contribution is 5.56. The van der Waals surface area contributed by atoms with Crippen molar-refractivity contribution in [3.8, 4) is 0 Å². The smallest absolute Gasteiger partial charge is 0.179 e. The van der Waals surface area contributed by atoms with Crippen molar-refractivity contribution in [2.24, 2.45) is 5.92 Å². The van der Waals surface area contributed by atoms with E-state index in [-0.39, 0.29) is 11.5 Å². The zero-order valence-electron chi connectivity index (χ0n) is 8.98. The fourth-order valence-electron chi connectivity index (χ4n) is 0.739. The first-order valence-electron chi connectivity index (χ1n) is 4.47. The van der Waals surface area contributed by atoms with Gasteiger partial charge in [-0.1, -0.05) is 6.92 Å². The Hall–Kier alpha value is -0.990. The average Bonchev–Trinajstić information content (AvgIpc) is 1.97. The lowest BCUT2D eigenvalue weighted by Gasteiger charge is -2.23. The Morgan fingerprint density at radius 2 is 2.15 bits per heavy atom. The summed E-state index contributed by atoms with van der Waals surface area (Å²) in [6, 6.07) is 0. The maximum Gasteiger partial charge on any atom is 0.179 e. The topological polar surface area (TPSA) is 45.1 Å². The van der Waals surface area contributed by atoms with Crippen LogP contribution in [0.2, 0.25) is 0 Å². The van der Waals surface area contributed by atoms with E-state index < -0.39 is 0 Å². The van der Waals surface area contributed by atoms with E-state index in [1.807, 2.05) is 27.7 Å². The van der Waals surface area contributed by atoms with Gasteiger partial charge in [-0.3, -0.25) is 0 Å². The van der Waals surface area contributed by atoms with Crippen LogP contribution in [0.25, 0.3) is 0 Å². The van der Waals surface area contributed by atoms with E-state index in [0.717, 1.165) is 0 Å². The van der Waals surface area contributed by atoms with Crippen LogP contribution in [0.3, 0.4) is 0 Å². The number of rotatable bonds is 5. The van der Waals surface area contributed by atoms with E-state index in [1.165, 1.54) is 6.21 Å². The second-order valence-corrected chi connectivity index (χ2v) is 4.16. The molecular weight excluding hydrogens is 164 g/mol. The molecule has 0 spiro atoms. The first-order chi connectivity index (χ1) is 5.85. The van der Waals surface area contributed by atoms with E-state index in [9.17, 15) is 0 Å². The molecule has 0 aromatic rings. The lowest BCUT2D eigenvalue weighted by Crippen LogP contribution is -2.28. The molecule has 0 saturated heterocycles. The van der Waals surface area contributed by atoms with E-state index in [0.29, 0.717) is 12.4 Å². The molecule has 0 aromatic carbocycles. The van der Waals surface area contributed by atoms with Gasteiger partial charge < -0.3 is 15.5 Å². The Labute approximate surface area is 80.7 Å². The molecule has 0 bridgehead atoms. The minimum atomic E-state index is -0.210. The van der Waals surface area contributed by atoms with Gasteiger partial charge in [-0.2, -0.15) is 0 Å². The van der Waals surface area contributed by atoms with Crippen molar-refractivity contribution < 1.29 is 4.74 Å². The van der Waals surface area contributed by atoms with Crippen molar-refractivity contribution in [3.63, 3.8) is 0 Å². The number of nitrogens with one attached hydrogen (secondary N) is 2. The third kappa shape index (κ3) is 7.37. The molecule has 0 aliphatic heterocycles. The lowest BCUT2D eigenvalue weighted by atomic mass is 10.2. The molecule has 76 valence electrons. The summed E-state index contributed by atoms with van der Waals surface area (Å²) in [7, 11) is 0. The van der Waals surface area contributed by atoms with Gasteiger partial charge in [-0.05, 0) is 33.6 Å².